The molecule has 1 saturated heterocycles. The van der Waals surface area contributed by atoms with Crippen molar-refractivity contribution in [1.29, 1.82) is 0 Å². The van der Waals surface area contributed by atoms with Crippen LogP contribution in [0.2, 0.25) is 99.7 Å². The minimum absolute atomic E-state index is 0.425. The van der Waals surface area contributed by atoms with Crippen LogP contribution in [-0.2, 0) is 0 Å². The molecule has 0 radical (unpaired) electrons. The normalized spacial score (nSPS) is 22.0. The van der Waals surface area contributed by atoms with Gasteiger partial charge in [0.2, 0.25) is 0 Å². The Bertz CT molecular complexity index is 886. The monoisotopic (exact) mass is 573 g/mol. The predicted octanol–water partition coefficient (Wildman–Crippen LogP) is 10.0. The Labute approximate surface area is 226 Å². The number of benzene rings is 1. The van der Waals surface area contributed by atoms with E-state index in [0.29, 0.717) is 5.41 Å². The fraction of sp³-hybridized carbons (Fsp3) is 0.724. The predicted molar refractivity (Wildman–Crippen MR) is 179 cm³/mol. The lowest BCUT2D eigenvalue weighted by Gasteiger charge is -2.68. The quantitative estimate of drug-likeness (QED) is 0.271. The third-order valence-electron chi connectivity index (χ3n) is 8.61. The van der Waals surface area contributed by atoms with Gasteiger partial charge < -0.3 is 0 Å². The van der Waals surface area contributed by atoms with Gasteiger partial charge >= 0.3 is 0 Å². The van der Waals surface area contributed by atoms with Gasteiger partial charge in [-0.2, -0.15) is 11.1 Å². The molecule has 1 aliphatic heterocycles. The topological polar surface area (TPSA) is 0 Å². The number of hydrogen-bond acceptors (Lipinski definition) is 0. The van der Waals surface area contributed by atoms with E-state index in [4.69, 9.17) is 0 Å². The molecular formula is C29H57Si6-. The largest absolute Gasteiger partial charge is 0.245 e. The van der Waals surface area contributed by atoms with Crippen molar-refractivity contribution >= 4 is 54.3 Å². The molecule has 0 N–H and O–H groups in total. The van der Waals surface area contributed by atoms with E-state index in [1.54, 1.807) is 17.2 Å². The van der Waals surface area contributed by atoms with E-state index in [2.05, 4.69) is 136 Å². The molecule has 0 bridgehead atoms. The number of rotatable bonds is 8. The third-order valence-corrected chi connectivity index (χ3v) is 60.4. The first kappa shape index (κ1) is 29.8. The molecule has 1 aromatic rings. The third kappa shape index (κ3) is 5.82. The highest BCUT2D eigenvalue weighted by atomic mass is 29.2. The fourth-order valence-corrected chi connectivity index (χ4v) is 98.7. The summed E-state index contributed by atoms with van der Waals surface area (Å²) < 4.78 is 0. The second kappa shape index (κ2) is 9.18. The molecule has 0 amide bonds. The van der Waals surface area contributed by atoms with Crippen LogP contribution in [-0.4, -0.2) is 48.2 Å². The number of allylic oxidation sites excluding steroid dienone is 1. The van der Waals surface area contributed by atoms with Crippen molar-refractivity contribution in [2.75, 3.05) is 0 Å². The van der Waals surface area contributed by atoms with E-state index in [1.165, 1.54) is 0 Å². The minimum atomic E-state index is -1.70. The minimum Gasteiger partial charge on any atom is -0.245 e. The van der Waals surface area contributed by atoms with Gasteiger partial charge in [0.1, 0.15) is 0 Å². The highest BCUT2D eigenvalue weighted by Gasteiger charge is 2.64. The van der Waals surface area contributed by atoms with Crippen LogP contribution in [0.25, 0.3) is 6.08 Å². The van der Waals surface area contributed by atoms with Crippen molar-refractivity contribution in [2.24, 2.45) is 5.41 Å². The maximum atomic E-state index is 2.80. The van der Waals surface area contributed by atoms with Crippen LogP contribution in [0.5, 0.6) is 0 Å². The molecule has 2 unspecified atom stereocenters. The van der Waals surface area contributed by atoms with Gasteiger partial charge in [-0.05, 0) is 11.0 Å². The molecule has 0 spiro atoms. The molecule has 0 aromatic heterocycles. The lowest BCUT2D eigenvalue weighted by molar-refractivity contribution is 0.461. The van der Waals surface area contributed by atoms with Gasteiger partial charge in [-0.25, -0.2) is 8.31 Å². The molecule has 6 heteroatoms. The summed E-state index contributed by atoms with van der Waals surface area (Å²) in [7, 11) is -7.72. The standard InChI is InChI=1S/C29H57Si6/c1-29(2,3)22-35(27(31(4,5)6)32(7,8)9,28(33(10,11)12)34(13,14)15)30-25-21-20-23-18-16-17-19-24(23)26(25)30/h16-21,25-28H,22H2,1-15H3/q-1. The molecule has 1 aromatic carbocycles. The Morgan fingerprint density at radius 3 is 1.54 bits per heavy atom. The van der Waals surface area contributed by atoms with E-state index in [1.807, 2.05) is 0 Å². The van der Waals surface area contributed by atoms with Gasteiger partial charge in [0.15, 0.2) is 0 Å². The summed E-state index contributed by atoms with van der Waals surface area (Å²) >= 11 is 0. The van der Waals surface area contributed by atoms with Crippen LogP contribution >= 0.6 is 0 Å². The highest BCUT2D eigenvalue weighted by Crippen LogP contribution is 2.68. The summed E-state index contributed by atoms with van der Waals surface area (Å²) in [6, 6.07) is 11.1. The van der Waals surface area contributed by atoms with Crippen molar-refractivity contribution in [3.05, 3.63) is 41.5 Å². The zero-order valence-electron chi connectivity index (χ0n) is 26.0. The first-order valence-corrected chi connectivity index (χ1v) is 33.5. The average Bonchev–Trinajstić information content (AvgIpc) is 3.30. The Hall–Kier alpha value is 0.261. The van der Waals surface area contributed by atoms with Crippen LogP contribution < -0.4 is 0 Å². The van der Waals surface area contributed by atoms with Gasteiger partial charge in [-0.3, -0.25) is 0 Å². The van der Waals surface area contributed by atoms with Crippen molar-refractivity contribution in [3.63, 3.8) is 0 Å². The SMILES string of the molecule is CC(C)(C)C[Si](C([Si](C)(C)C)[Si](C)(C)C)(C([Si](C)(C)C)[Si](C)(C)C)[Si-]1C2C=Cc3ccccc3C21. The Balaban J connectivity index is 2.44. The average molecular weight is 574 g/mol. The van der Waals surface area contributed by atoms with E-state index >= 15 is 0 Å². The Kier molecular flexibility index (Phi) is 7.82. The van der Waals surface area contributed by atoms with Crippen LogP contribution in [0.4, 0.5) is 0 Å². The lowest BCUT2D eigenvalue weighted by Crippen LogP contribution is -2.73. The van der Waals surface area contributed by atoms with Gasteiger partial charge in [0, 0.05) is 32.3 Å². The van der Waals surface area contributed by atoms with Crippen LogP contribution in [0.3, 0.4) is 0 Å². The molecule has 2 aliphatic rings. The van der Waals surface area contributed by atoms with Crippen molar-refractivity contribution < 1.29 is 0 Å². The maximum Gasteiger partial charge on any atom is 0.0395 e. The summed E-state index contributed by atoms with van der Waals surface area (Å²) in [5.74, 6) is 0. The fourth-order valence-electron chi connectivity index (χ4n) is 9.98. The number of hydrogen-bond donors (Lipinski definition) is 0. The molecular weight excluding hydrogens is 517 g/mol. The Morgan fingerprint density at radius 1 is 0.714 bits per heavy atom. The summed E-state index contributed by atoms with van der Waals surface area (Å²) in [4.78, 5) is 2.23. The zero-order chi connectivity index (χ0) is 27.0. The Morgan fingerprint density at radius 2 is 1.14 bits per heavy atom. The van der Waals surface area contributed by atoms with Gasteiger partial charge in [-0.15, -0.1) is 6.08 Å². The van der Waals surface area contributed by atoms with Crippen LogP contribution in [0.15, 0.2) is 30.3 Å². The maximum absolute atomic E-state index is 2.80. The first-order chi connectivity index (χ1) is 15.5. The molecule has 2 atom stereocenters. The molecule has 0 nitrogen and oxygen atoms in total. The lowest BCUT2D eigenvalue weighted by atomic mass is 9.98. The highest BCUT2D eigenvalue weighted by molar-refractivity contribution is 7.50. The van der Waals surface area contributed by atoms with Crippen molar-refractivity contribution in [2.45, 2.75) is 126 Å². The molecule has 35 heavy (non-hydrogen) atoms. The molecule has 1 aliphatic carbocycles. The molecule has 0 saturated carbocycles. The summed E-state index contributed by atoms with van der Waals surface area (Å²) in [6.07, 6.45) is 5.27. The van der Waals surface area contributed by atoms with Gasteiger partial charge in [0.05, 0.1) is 0 Å². The second-order valence-electron chi connectivity index (χ2n) is 17.6. The second-order valence-corrected chi connectivity index (χ2v) is 52.6. The van der Waals surface area contributed by atoms with Crippen molar-refractivity contribution in [1.82, 2.24) is 0 Å². The van der Waals surface area contributed by atoms with E-state index < -0.39 is 48.2 Å². The molecule has 1 fully saturated rings. The summed E-state index contributed by atoms with van der Waals surface area (Å²) in [5.41, 5.74) is 5.53. The van der Waals surface area contributed by atoms with Gasteiger partial charge in [-0.1, -0.05) is 158 Å². The van der Waals surface area contributed by atoms with Crippen LogP contribution in [0.1, 0.15) is 37.4 Å². The van der Waals surface area contributed by atoms with Crippen LogP contribution in [0, 0.1) is 5.41 Å². The number of fused-ring (bicyclic) bond motifs is 3. The van der Waals surface area contributed by atoms with Crippen molar-refractivity contribution in [3.8, 4) is 0 Å². The molecule has 1 heterocycles. The zero-order valence-corrected chi connectivity index (χ0v) is 32.0. The summed E-state index contributed by atoms with van der Waals surface area (Å²) in [6.45, 7) is 41.4. The summed E-state index contributed by atoms with van der Waals surface area (Å²) in [5, 5.41) is 0. The molecule has 3 rings (SSSR count). The smallest absolute Gasteiger partial charge is 0.0395 e. The van der Waals surface area contributed by atoms with E-state index in [9.17, 15) is 0 Å². The van der Waals surface area contributed by atoms with Gasteiger partial charge in [0.25, 0.3) is 0 Å². The van der Waals surface area contributed by atoms with E-state index in [-0.39, 0.29) is 0 Å². The first-order valence-electron chi connectivity index (χ1n) is 14.2. The van der Waals surface area contributed by atoms with E-state index in [0.717, 1.165) is 20.7 Å². The molecule has 198 valence electrons.